The third kappa shape index (κ3) is 2.30. The summed E-state index contributed by atoms with van der Waals surface area (Å²) in [7, 11) is 0. The minimum Gasteiger partial charge on any atom is -0.242 e. The number of nitrogens with zero attached hydrogens (tertiary/aromatic N) is 2. The van der Waals surface area contributed by atoms with Gasteiger partial charge in [0.15, 0.2) is 0 Å². The lowest BCUT2D eigenvalue weighted by Crippen LogP contribution is -1.88. The molecule has 3 heteroatoms. The molecule has 2 nitrogen and oxygen atoms in total. The molecular formula is C11H11ClN2. The van der Waals surface area contributed by atoms with Crippen LogP contribution in [0.3, 0.4) is 0 Å². The second-order valence-electron chi connectivity index (χ2n) is 2.86. The van der Waals surface area contributed by atoms with Crippen LogP contribution in [0.4, 0.5) is 0 Å². The van der Waals surface area contributed by atoms with Gasteiger partial charge in [-0.05, 0) is 13.0 Å². The zero-order valence-corrected chi connectivity index (χ0v) is 8.66. The van der Waals surface area contributed by atoms with E-state index < -0.39 is 0 Å². The molecule has 72 valence electrons. The number of benzene rings is 1. The van der Waals surface area contributed by atoms with Crippen molar-refractivity contribution in [1.29, 1.82) is 0 Å². The van der Waals surface area contributed by atoms with Crippen molar-refractivity contribution in [3.8, 4) is 11.3 Å². The molecule has 0 saturated carbocycles. The Bertz CT molecular complexity index is 401. The van der Waals surface area contributed by atoms with Gasteiger partial charge in [-0.1, -0.05) is 30.3 Å². The van der Waals surface area contributed by atoms with Crippen molar-refractivity contribution >= 4 is 12.4 Å². The second kappa shape index (κ2) is 4.72. The molecule has 0 spiro atoms. The van der Waals surface area contributed by atoms with Crippen molar-refractivity contribution in [2.24, 2.45) is 0 Å². The number of aryl methyl sites for hydroxylation is 1. The topological polar surface area (TPSA) is 25.8 Å². The minimum atomic E-state index is 0. The van der Waals surface area contributed by atoms with Crippen LogP contribution in [0.5, 0.6) is 0 Å². The molecule has 0 aliphatic carbocycles. The van der Waals surface area contributed by atoms with Crippen molar-refractivity contribution in [2.45, 2.75) is 6.92 Å². The zero-order valence-electron chi connectivity index (χ0n) is 7.84. The molecule has 2 rings (SSSR count). The van der Waals surface area contributed by atoms with Gasteiger partial charge >= 0.3 is 0 Å². The smallest absolute Gasteiger partial charge is 0.125 e. The maximum Gasteiger partial charge on any atom is 0.125 e. The van der Waals surface area contributed by atoms with Crippen LogP contribution < -0.4 is 0 Å². The minimum absolute atomic E-state index is 0. The van der Waals surface area contributed by atoms with Gasteiger partial charge in [-0.15, -0.1) is 12.4 Å². The molecule has 14 heavy (non-hydrogen) atoms. The summed E-state index contributed by atoms with van der Waals surface area (Å²) in [5.41, 5.74) is 2.11. The van der Waals surface area contributed by atoms with Gasteiger partial charge in [0, 0.05) is 11.8 Å². The lowest BCUT2D eigenvalue weighted by Gasteiger charge is -1.99. The van der Waals surface area contributed by atoms with E-state index >= 15 is 0 Å². The molecule has 0 radical (unpaired) electrons. The van der Waals surface area contributed by atoms with E-state index in [4.69, 9.17) is 0 Å². The fraction of sp³-hybridized carbons (Fsp3) is 0.0909. The average Bonchev–Trinajstić information content (AvgIpc) is 2.19. The van der Waals surface area contributed by atoms with E-state index in [9.17, 15) is 0 Å². The Labute approximate surface area is 89.4 Å². The molecule has 0 saturated heterocycles. The van der Waals surface area contributed by atoms with Gasteiger partial charge < -0.3 is 0 Å². The Hall–Kier alpha value is -1.41. The van der Waals surface area contributed by atoms with Gasteiger partial charge in [-0.25, -0.2) is 9.97 Å². The summed E-state index contributed by atoms with van der Waals surface area (Å²) in [6, 6.07) is 12.0. The Morgan fingerprint density at radius 1 is 1.00 bits per heavy atom. The molecule has 1 aromatic carbocycles. The van der Waals surface area contributed by atoms with Gasteiger partial charge in [-0.3, -0.25) is 0 Å². The summed E-state index contributed by atoms with van der Waals surface area (Å²) < 4.78 is 0. The third-order valence-electron chi connectivity index (χ3n) is 1.85. The maximum absolute atomic E-state index is 4.33. The molecule has 0 atom stereocenters. The molecular weight excluding hydrogens is 196 g/mol. The van der Waals surface area contributed by atoms with Gasteiger partial charge in [0.05, 0.1) is 5.69 Å². The highest BCUT2D eigenvalue weighted by Crippen LogP contribution is 2.14. The van der Waals surface area contributed by atoms with E-state index in [0.29, 0.717) is 0 Å². The van der Waals surface area contributed by atoms with Crippen molar-refractivity contribution in [2.75, 3.05) is 0 Å². The summed E-state index contributed by atoms with van der Waals surface area (Å²) in [6.07, 6.45) is 1.78. The number of hydrogen-bond acceptors (Lipinski definition) is 2. The van der Waals surface area contributed by atoms with E-state index in [1.807, 2.05) is 43.3 Å². The highest BCUT2D eigenvalue weighted by Gasteiger charge is 1.97. The van der Waals surface area contributed by atoms with Gasteiger partial charge in [0.2, 0.25) is 0 Å². The molecule has 0 bridgehead atoms. The van der Waals surface area contributed by atoms with Crippen molar-refractivity contribution in [3.05, 3.63) is 48.4 Å². The quantitative estimate of drug-likeness (QED) is 0.717. The molecule has 0 amide bonds. The highest BCUT2D eigenvalue weighted by atomic mass is 35.5. The molecule has 0 unspecified atom stereocenters. The first kappa shape index (κ1) is 10.7. The Balaban J connectivity index is 0.000000980. The molecule has 0 aliphatic heterocycles. The van der Waals surface area contributed by atoms with Crippen LogP contribution in [0.25, 0.3) is 11.3 Å². The van der Waals surface area contributed by atoms with Crippen LogP contribution in [0.15, 0.2) is 42.6 Å². The van der Waals surface area contributed by atoms with Crippen molar-refractivity contribution < 1.29 is 0 Å². The predicted molar refractivity (Wildman–Crippen MR) is 59.5 cm³/mol. The van der Waals surface area contributed by atoms with Crippen LogP contribution in [0, 0.1) is 6.92 Å². The Kier molecular flexibility index (Phi) is 3.60. The number of rotatable bonds is 1. The highest BCUT2D eigenvalue weighted by molar-refractivity contribution is 5.85. The van der Waals surface area contributed by atoms with Crippen LogP contribution >= 0.6 is 12.4 Å². The third-order valence-corrected chi connectivity index (χ3v) is 1.85. The molecule has 1 heterocycles. The lowest BCUT2D eigenvalue weighted by atomic mass is 10.1. The summed E-state index contributed by atoms with van der Waals surface area (Å²) >= 11 is 0. The summed E-state index contributed by atoms with van der Waals surface area (Å²) in [5, 5.41) is 0. The largest absolute Gasteiger partial charge is 0.242 e. The van der Waals surface area contributed by atoms with Crippen LogP contribution in [-0.2, 0) is 0 Å². The van der Waals surface area contributed by atoms with Gasteiger partial charge in [0.1, 0.15) is 5.82 Å². The maximum atomic E-state index is 4.33. The van der Waals surface area contributed by atoms with Crippen molar-refractivity contribution in [3.63, 3.8) is 0 Å². The standard InChI is InChI=1S/C11H10N2.ClH/c1-9-12-8-7-11(13-9)10-5-3-2-4-6-10;/h2-8H,1H3;1H. The first-order valence-electron chi connectivity index (χ1n) is 4.21. The second-order valence-corrected chi connectivity index (χ2v) is 2.86. The van der Waals surface area contributed by atoms with Gasteiger partial charge in [0.25, 0.3) is 0 Å². The summed E-state index contributed by atoms with van der Waals surface area (Å²) in [5.74, 6) is 0.807. The van der Waals surface area contributed by atoms with Crippen LogP contribution in [-0.4, -0.2) is 9.97 Å². The molecule has 0 aliphatic rings. The van der Waals surface area contributed by atoms with Crippen LogP contribution in [0.1, 0.15) is 5.82 Å². The van der Waals surface area contributed by atoms with Crippen molar-refractivity contribution in [1.82, 2.24) is 9.97 Å². The van der Waals surface area contributed by atoms with E-state index in [-0.39, 0.29) is 12.4 Å². The molecule has 0 fully saturated rings. The molecule has 2 aromatic rings. The van der Waals surface area contributed by atoms with Gasteiger partial charge in [-0.2, -0.15) is 0 Å². The fourth-order valence-electron chi connectivity index (χ4n) is 1.23. The lowest BCUT2D eigenvalue weighted by molar-refractivity contribution is 1.06. The van der Waals surface area contributed by atoms with E-state index in [0.717, 1.165) is 17.1 Å². The number of aromatic nitrogens is 2. The monoisotopic (exact) mass is 206 g/mol. The predicted octanol–water partition coefficient (Wildman–Crippen LogP) is 2.87. The van der Waals surface area contributed by atoms with Crippen LogP contribution in [0.2, 0.25) is 0 Å². The summed E-state index contributed by atoms with van der Waals surface area (Å²) in [6.45, 7) is 1.90. The summed E-state index contributed by atoms with van der Waals surface area (Å²) in [4.78, 5) is 8.39. The Morgan fingerprint density at radius 3 is 2.36 bits per heavy atom. The first-order chi connectivity index (χ1) is 6.36. The average molecular weight is 207 g/mol. The normalized spacial score (nSPS) is 9.21. The Morgan fingerprint density at radius 2 is 1.71 bits per heavy atom. The first-order valence-corrected chi connectivity index (χ1v) is 4.21. The van der Waals surface area contributed by atoms with E-state index in [1.165, 1.54) is 0 Å². The molecule has 1 aromatic heterocycles. The zero-order chi connectivity index (χ0) is 9.10. The number of halogens is 1. The molecule has 0 N–H and O–H groups in total. The number of hydrogen-bond donors (Lipinski definition) is 0. The fourth-order valence-corrected chi connectivity index (χ4v) is 1.23. The van der Waals surface area contributed by atoms with E-state index in [2.05, 4.69) is 9.97 Å². The van der Waals surface area contributed by atoms with E-state index in [1.54, 1.807) is 6.20 Å². The SMILES string of the molecule is Cc1nccc(-c2ccccc2)n1.Cl.